The van der Waals surface area contributed by atoms with Gasteiger partial charge in [-0.2, -0.15) is 12.7 Å². The maximum atomic E-state index is 12.1. The molecule has 1 aliphatic heterocycles. The third-order valence-electron chi connectivity index (χ3n) is 2.72. The van der Waals surface area contributed by atoms with Crippen molar-refractivity contribution < 1.29 is 13.3 Å². The molecule has 0 radical (unpaired) electrons. The van der Waals surface area contributed by atoms with Crippen LogP contribution >= 0.6 is 0 Å². The van der Waals surface area contributed by atoms with Gasteiger partial charge in [0.15, 0.2) is 0 Å². The molecule has 19 heavy (non-hydrogen) atoms. The predicted molar refractivity (Wildman–Crippen MR) is 70.1 cm³/mol. The molecule has 0 atom stereocenters. The second kappa shape index (κ2) is 5.51. The van der Waals surface area contributed by atoms with Gasteiger partial charge in [-0.1, -0.05) is 6.07 Å². The number of anilines is 1. The van der Waals surface area contributed by atoms with Crippen molar-refractivity contribution in [3.8, 4) is 0 Å². The van der Waals surface area contributed by atoms with Crippen molar-refractivity contribution in [2.24, 2.45) is 0 Å². The van der Waals surface area contributed by atoms with E-state index in [4.69, 9.17) is 0 Å². The van der Waals surface area contributed by atoms with E-state index in [1.54, 1.807) is 0 Å². The first-order valence-electron chi connectivity index (χ1n) is 5.72. The number of nitro benzene ring substituents is 1. The van der Waals surface area contributed by atoms with Gasteiger partial charge in [0.05, 0.1) is 10.6 Å². The molecule has 1 aromatic rings. The number of nitrogens with one attached hydrogen (secondary N) is 2. The van der Waals surface area contributed by atoms with Crippen LogP contribution in [-0.2, 0) is 10.2 Å². The minimum absolute atomic E-state index is 0.152. The molecule has 9 heteroatoms. The van der Waals surface area contributed by atoms with Crippen LogP contribution in [0.3, 0.4) is 0 Å². The van der Waals surface area contributed by atoms with E-state index in [1.165, 1.54) is 28.6 Å². The molecule has 1 aliphatic rings. The van der Waals surface area contributed by atoms with Gasteiger partial charge >= 0.3 is 10.2 Å². The molecule has 104 valence electrons. The Kier molecular flexibility index (Phi) is 3.98. The molecule has 1 aromatic carbocycles. The van der Waals surface area contributed by atoms with E-state index in [0.29, 0.717) is 26.2 Å². The van der Waals surface area contributed by atoms with Gasteiger partial charge in [0.25, 0.3) is 5.69 Å². The molecule has 0 bridgehead atoms. The number of non-ortho nitro benzene ring substituents is 1. The molecule has 0 unspecified atom stereocenters. The zero-order valence-electron chi connectivity index (χ0n) is 10.1. The molecule has 0 amide bonds. The molecule has 1 fully saturated rings. The smallest absolute Gasteiger partial charge is 0.301 e. The number of hydrogen-bond acceptors (Lipinski definition) is 5. The summed E-state index contributed by atoms with van der Waals surface area (Å²) in [5.41, 5.74) is 0.0354. The maximum absolute atomic E-state index is 12.1. The monoisotopic (exact) mass is 286 g/mol. The molecular weight excluding hydrogens is 272 g/mol. The molecule has 2 N–H and O–H groups in total. The molecule has 1 heterocycles. The van der Waals surface area contributed by atoms with E-state index in [1.807, 2.05) is 0 Å². The molecule has 8 nitrogen and oxygen atoms in total. The lowest BCUT2D eigenvalue weighted by Crippen LogP contribution is -2.48. The normalized spacial score (nSPS) is 17.1. The van der Waals surface area contributed by atoms with Crippen LogP contribution < -0.4 is 10.0 Å². The van der Waals surface area contributed by atoms with Crippen LogP contribution in [0, 0.1) is 10.1 Å². The fraction of sp³-hybridized carbons (Fsp3) is 0.400. The Morgan fingerprint density at radius 2 is 2.00 bits per heavy atom. The third-order valence-corrected chi connectivity index (χ3v) is 4.26. The van der Waals surface area contributed by atoms with Crippen LogP contribution in [0.5, 0.6) is 0 Å². The van der Waals surface area contributed by atoms with E-state index < -0.39 is 15.1 Å². The van der Waals surface area contributed by atoms with Gasteiger partial charge in [-0.3, -0.25) is 14.8 Å². The lowest BCUT2D eigenvalue weighted by Gasteiger charge is -2.26. The first-order valence-corrected chi connectivity index (χ1v) is 7.16. The highest BCUT2D eigenvalue weighted by Crippen LogP contribution is 2.19. The zero-order chi connectivity index (χ0) is 13.9. The summed E-state index contributed by atoms with van der Waals surface area (Å²) in [5, 5.41) is 13.7. The van der Waals surface area contributed by atoms with Crippen LogP contribution in [0.2, 0.25) is 0 Å². The van der Waals surface area contributed by atoms with Crippen molar-refractivity contribution in [2.45, 2.75) is 0 Å². The molecule has 0 aliphatic carbocycles. The number of benzene rings is 1. The summed E-state index contributed by atoms with van der Waals surface area (Å²) in [4.78, 5) is 10.1. The summed E-state index contributed by atoms with van der Waals surface area (Å²) in [6.07, 6.45) is 0. The predicted octanol–water partition coefficient (Wildman–Crippen LogP) is 0.157. The fourth-order valence-electron chi connectivity index (χ4n) is 1.78. The number of nitro groups is 1. The van der Waals surface area contributed by atoms with E-state index in [9.17, 15) is 18.5 Å². The summed E-state index contributed by atoms with van der Waals surface area (Å²) in [7, 11) is -3.66. The van der Waals surface area contributed by atoms with Crippen LogP contribution in [0.4, 0.5) is 11.4 Å². The van der Waals surface area contributed by atoms with E-state index >= 15 is 0 Å². The molecule has 0 saturated carbocycles. The van der Waals surface area contributed by atoms with E-state index in [-0.39, 0.29) is 11.4 Å². The molecular formula is C10H14N4O4S. The average molecular weight is 286 g/mol. The minimum Gasteiger partial charge on any atom is -0.314 e. The van der Waals surface area contributed by atoms with Gasteiger partial charge in [0.1, 0.15) is 0 Å². The highest BCUT2D eigenvalue weighted by molar-refractivity contribution is 7.90. The van der Waals surface area contributed by atoms with Gasteiger partial charge in [0, 0.05) is 38.3 Å². The molecule has 1 saturated heterocycles. The van der Waals surface area contributed by atoms with Crippen molar-refractivity contribution >= 4 is 21.6 Å². The Labute approximate surface area is 110 Å². The lowest BCUT2D eigenvalue weighted by molar-refractivity contribution is -0.384. The van der Waals surface area contributed by atoms with Crippen LogP contribution in [0.25, 0.3) is 0 Å². The SMILES string of the molecule is O=[N+]([O-])c1cccc(NS(=O)(=O)N2CCNCC2)c1. The highest BCUT2D eigenvalue weighted by Gasteiger charge is 2.23. The van der Waals surface area contributed by atoms with E-state index in [0.717, 1.165) is 0 Å². The molecule has 0 aromatic heterocycles. The number of nitrogens with zero attached hydrogens (tertiary/aromatic N) is 2. The van der Waals surface area contributed by atoms with Crippen LogP contribution in [0.1, 0.15) is 0 Å². The Morgan fingerprint density at radius 3 is 2.63 bits per heavy atom. The van der Waals surface area contributed by atoms with E-state index in [2.05, 4.69) is 10.0 Å². The average Bonchev–Trinajstić information content (AvgIpc) is 2.39. The van der Waals surface area contributed by atoms with Crippen molar-refractivity contribution in [1.82, 2.24) is 9.62 Å². The number of rotatable bonds is 4. The minimum atomic E-state index is -3.66. The largest absolute Gasteiger partial charge is 0.314 e. The Balaban J connectivity index is 2.15. The standard InChI is InChI=1S/C10H14N4O4S/c15-14(16)10-3-1-2-9(8-10)12-19(17,18)13-6-4-11-5-7-13/h1-3,8,11-12H,4-7H2. The fourth-order valence-corrected chi connectivity index (χ4v) is 3.00. The van der Waals surface area contributed by atoms with Gasteiger partial charge in [0.2, 0.25) is 0 Å². The maximum Gasteiger partial charge on any atom is 0.301 e. The topological polar surface area (TPSA) is 105 Å². The van der Waals surface area contributed by atoms with Crippen LogP contribution in [-0.4, -0.2) is 43.8 Å². The summed E-state index contributed by atoms with van der Waals surface area (Å²) >= 11 is 0. The molecule has 0 spiro atoms. The molecule has 2 rings (SSSR count). The first-order chi connectivity index (χ1) is 8.99. The Morgan fingerprint density at radius 1 is 1.32 bits per heavy atom. The Hall–Kier alpha value is -1.71. The van der Waals surface area contributed by atoms with Crippen molar-refractivity contribution in [3.63, 3.8) is 0 Å². The van der Waals surface area contributed by atoms with Gasteiger partial charge in [-0.15, -0.1) is 0 Å². The summed E-state index contributed by atoms with van der Waals surface area (Å²) < 4.78 is 27.8. The first kappa shape index (κ1) is 13.7. The van der Waals surface area contributed by atoms with Gasteiger partial charge < -0.3 is 5.32 Å². The number of piperazine rings is 1. The van der Waals surface area contributed by atoms with Crippen molar-refractivity contribution in [3.05, 3.63) is 34.4 Å². The quantitative estimate of drug-likeness (QED) is 0.606. The highest BCUT2D eigenvalue weighted by atomic mass is 32.2. The Bertz CT molecular complexity index is 569. The second-order valence-electron chi connectivity index (χ2n) is 4.06. The van der Waals surface area contributed by atoms with Crippen molar-refractivity contribution in [1.29, 1.82) is 0 Å². The lowest BCUT2D eigenvalue weighted by atomic mass is 10.3. The van der Waals surface area contributed by atoms with Crippen LogP contribution in [0.15, 0.2) is 24.3 Å². The van der Waals surface area contributed by atoms with Crippen molar-refractivity contribution in [2.75, 3.05) is 30.9 Å². The summed E-state index contributed by atoms with van der Waals surface area (Å²) in [5.74, 6) is 0. The third kappa shape index (κ3) is 3.40. The number of hydrogen-bond donors (Lipinski definition) is 2. The summed E-state index contributed by atoms with van der Waals surface area (Å²) in [6, 6.07) is 5.42. The van der Waals surface area contributed by atoms with Gasteiger partial charge in [-0.25, -0.2) is 0 Å². The second-order valence-corrected chi connectivity index (χ2v) is 5.73. The summed E-state index contributed by atoms with van der Waals surface area (Å²) in [6.45, 7) is 1.94. The zero-order valence-corrected chi connectivity index (χ0v) is 10.9. The van der Waals surface area contributed by atoms with Gasteiger partial charge in [-0.05, 0) is 6.07 Å².